The number of hydrogen-bond acceptors (Lipinski definition) is 5. The topological polar surface area (TPSA) is 69.2 Å². The minimum atomic E-state index is -1.12. The molecule has 0 unspecified atom stereocenters. The molecule has 0 spiro atoms. The Kier molecular flexibility index (Phi) is 6.63. The fourth-order valence-electron chi connectivity index (χ4n) is 2.97. The highest BCUT2D eigenvalue weighted by Crippen LogP contribution is 2.48. The van der Waals surface area contributed by atoms with Crippen molar-refractivity contribution in [2.45, 2.75) is 16.5 Å². The molecule has 1 amide bonds. The lowest BCUT2D eigenvalue weighted by molar-refractivity contribution is -0.301. The number of aliphatic carboxylic acids is 1. The van der Waals surface area contributed by atoms with Crippen molar-refractivity contribution in [1.82, 2.24) is 5.32 Å². The van der Waals surface area contributed by atoms with Crippen LogP contribution in [-0.2, 0) is 14.5 Å². The number of benzene rings is 2. The van der Waals surface area contributed by atoms with E-state index in [0.717, 1.165) is 11.1 Å². The van der Waals surface area contributed by atoms with Crippen LogP contribution in [0.25, 0.3) is 0 Å². The lowest BCUT2D eigenvalue weighted by Gasteiger charge is -2.33. The minimum Gasteiger partial charge on any atom is -0.549 e. The van der Waals surface area contributed by atoms with Crippen molar-refractivity contribution < 1.29 is 14.7 Å². The molecule has 8 heteroatoms. The maximum absolute atomic E-state index is 12.0. The molecule has 0 aromatic heterocycles. The van der Waals surface area contributed by atoms with Gasteiger partial charge in [0.05, 0.1) is 11.7 Å². The number of halogens is 2. The van der Waals surface area contributed by atoms with E-state index in [-0.39, 0.29) is 16.9 Å². The molecule has 1 heterocycles. The third-order valence-corrected chi connectivity index (χ3v) is 7.37. The van der Waals surface area contributed by atoms with Gasteiger partial charge in [-0.3, -0.25) is 4.79 Å². The fraction of sp³-hybridized carbons (Fsp3) is 0.263. The molecular formula is C19H16Cl2NO3S2-. The first kappa shape index (κ1) is 20.4. The summed E-state index contributed by atoms with van der Waals surface area (Å²) in [6.45, 7) is 0. The van der Waals surface area contributed by atoms with Crippen LogP contribution in [0.2, 0.25) is 10.0 Å². The Morgan fingerprint density at radius 3 is 2.26 bits per heavy atom. The number of hydrogen-bond donors (Lipinski definition) is 1. The van der Waals surface area contributed by atoms with Crippen LogP contribution in [0.5, 0.6) is 0 Å². The highest BCUT2D eigenvalue weighted by atomic mass is 35.5. The SMILES string of the molecule is O=C([O-])CS[C@@H](C[C@]1(c2ccc(Cl)cc2)NC(=O)CS1)c1ccc(Cl)cc1. The molecular weight excluding hydrogens is 425 g/mol. The first-order valence-electron chi connectivity index (χ1n) is 8.16. The Morgan fingerprint density at radius 2 is 1.74 bits per heavy atom. The summed E-state index contributed by atoms with van der Waals surface area (Å²) in [4.78, 5) is 22.4. The zero-order chi connectivity index (χ0) is 19.4. The lowest BCUT2D eigenvalue weighted by Crippen LogP contribution is -2.38. The molecule has 3 rings (SSSR count). The smallest absolute Gasteiger partial charge is 0.231 e. The number of carboxylic acid groups (broad SMARTS) is 1. The Balaban J connectivity index is 1.94. The van der Waals surface area contributed by atoms with Crippen LogP contribution in [0.4, 0.5) is 0 Å². The summed E-state index contributed by atoms with van der Waals surface area (Å²) in [5.41, 5.74) is 1.87. The van der Waals surface area contributed by atoms with Crippen molar-refractivity contribution >= 4 is 58.6 Å². The molecule has 0 saturated carbocycles. The zero-order valence-corrected chi connectivity index (χ0v) is 17.3. The van der Waals surface area contributed by atoms with Crippen LogP contribution in [0.15, 0.2) is 48.5 Å². The molecule has 142 valence electrons. The van der Waals surface area contributed by atoms with E-state index >= 15 is 0 Å². The standard InChI is InChI=1S/C19H17Cl2NO3S2/c20-14-5-1-12(2-6-14)16(26-11-18(24)25)9-19(22-17(23)10-27-19)13-3-7-15(21)8-4-13/h1-8,16H,9-11H2,(H,22,23)(H,24,25)/p-1/t16-,19-/m0/s1. The van der Waals surface area contributed by atoms with E-state index < -0.39 is 10.8 Å². The number of carbonyl (C=O) groups is 2. The predicted octanol–water partition coefficient (Wildman–Crippen LogP) is 3.62. The van der Waals surface area contributed by atoms with Crippen LogP contribution in [0.3, 0.4) is 0 Å². The molecule has 0 aliphatic carbocycles. The summed E-state index contributed by atoms with van der Waals surface area (Å²) in [6.07, 6.45) is 0.518. The number of nitrogens with one attached hydrogen (secondary N) is 1. The molecule has 27 heavy (non-hydrogen) atoms. The Bertz CT molecular complexity index is 830. The molecule has 2 aromatic rings. The van der Waals surface area contributed by atoms with Crippen LogP contribution >= 0.6 is 46.7 Å². The summed E-state index contributed by atoms with van der Waals surface area (Å²) in [6, 6.07) is 14.7. The quantitative estimate of drug-likeness (QED) is 0.711. The number of carboxylic acids is 1. The van der Waals surface area contributed by atoms with Gasteiger partial charge in [0.2, 0.25) is 5.91 Å². The second kappa shape index (κ2) is 8.78. The first-order chi connectivity index (χ1) is 12.9. The number of rotatable bonds is 7. The predicted molar refractivity (Wildman–Crippen MR) is 110 cm³/mol. The molecule has 4 nitrogen and oxygen atoms in total. The molecule has 1 aliphatic rings. The Hall–Kier alpha value is -1.34. The van der Waals surface area contributed by atoms with Crippen LogP contribution < -0.4 is 10.4 Å². The van der Waals surface area contributed by atoms with E-state index in [1.54, 1.807) is 24.3 Å². The highest BCUT2D eigenvalue weighted by Gasteiger charge is 2.42. The van der Waals surface area contributed by atoms with Gasteiger partial charge < -0.3 is 15.2 Å². The fourth-order valence-corrected chi connectivity index (χ4v) is 5.60. The van der Waals surface area contributed by atoms with Crippen molar-refractivity contribution in [2.75, 3.05) is 11.5 Å². The van der Waals surface area contributed by atoms with Gasteiger partial charge in [0.15, 0.2) is 0 Å². The monoisotopic (exact) mass is 440 g/mol. The van der Waals surface area contributed by atoms with E-state index in [0.29, 0.717) is 22.2 Å². The molecule has 0 radical (unpaired) electrons. The van der Waals surface area contributed by atoms with Gasteiger partial charge in [0.25, 0.3) is 0 Å². The van der Waals surface area contributed by atoms with Crippen LogP contribution in [0.1, 0.15) is 22.8 Å². The van der Waals surface area contributed by atoms with Gasteiger partial charge in [-0.1, -0.05) is 47.5 Å². The van der Waals surface area contributed by atoms with Crippen molar-refractivity contribution in [3.8, 4) is 0 Å². The van der Waals surface area contributed by atoms with Gasteiger partial charge in [-0.2, -0.15) is 0 Å². The van der Waals surface area contributed by atoms with Gasteiger partial charge in [0.1, 0.15) is 4.87 Å². The summed E-state index contributed by atoms with van der Waals surface area (Å²) in [5, 5.41) is 15.2. The number of thioether (sulfide) groups is 2. The van der Waals surface area contributed by atoms with Crippen molar-refractivity contribution in [1.29, 1.82) is 0 Å². The van der Waals surface area contributed by atoms with Crippen molar-refractivity contribution in [3.63, 3.8) is 0 Å². The van der Waals surface area contributed by atoms with E-state index in [9.17, 15) is 14.7 Å². The van der Waals surface area contributed by atoms with Crippen LogP contribution in [-0.4, -0.2) is 23.4 Å². The molecule has 0 bridgehead atoms. The van der Waals surface area contributed by atoms with E-state index in [2.05, 4.69) is 5.32 Å². The van der Waals surface area contributed by atoms with Crippen molar-refractivity contribution in [2.24, 2.45) is 0 Å². The van der Waals surface area contributed by atoms with E-state index in [4.69, 9.17) is 23.2 Å². The molecule has 1 N–H and O–H groups in total. The van der Waals surface area contributed by atoms with Gasteiger partial charge in [-0.25, -0.2) is 0 Å². The normalized spacial score (nSPS) is 20.3. The number of carbonyl (C=O) groups excluding carboxylic acids is 2. The largest absolute Gasteiger partial charge is 0.549 e. The Labute approximate surface area is 176 Å². The molecule has 1 saturated heterocycles. The summed E-state index contributed by atoms with van der Waals surface area (Å²) in [5.74, 6) is -0.957. The summed E-state index contributed by atoms with van der Waals surface area (Å²) in [7, 11) is 0. The van der Waals surface area contributed by atoms with Gasteiger partial charge in [-0.05, 0) is 35.4 Å². The second-order valence-electron chi connectivity index (χ2n) is 6.10. The molecule has 1 aliphatic heterocycles. The molecule has 2 aromatic carbocycles. The summed E-state index contributed by atoms with van der Waals surface area (Å²) >= 11 is 14.8. The van der Waals surface area contributed by atoms with Gasteiger partial charge >= 0.3 is 0 Å². The summed E-state index contributed by atoms with van der Waals surface area (Å²) < 4.78 is 0. The second-order valence-corrected chi connectivity index (χ2v) is 9.44. The van der Waals surface area contributed by atoms with Crippen LogP contribution in [0, 0.1) is 0 Å². The third-order valence-electron chi connectivity index (χ3n) is 4.22. The average Bonchev–Trinajstić information content (AvgIpc) is 3.01. The maximum Gasteiger partial charge on any atom is 0.231 e. The minimum absolute atomic E-state index is 0.0466. The zero-order valence-electron chi connectivity index (χ0n) is 14.1. The average molecular weight is 441 g/mol. The molecule has 2 atom stereocenters. The first-order valence-corrected chi connectivity index (χ1v) is 10.9. The highest BCUT2D eigenvalue weighted by molar-refractivity contribution is 8.01. The van der Waals surface area contributed by atoms with E-state index in [1.165, 1.54) is 23.5 Å². The maximum atomic E-state index is 12.0. The lowest BCUT2D eigenvalue weighted by atomic mass is 9.97. The number of amides is 1. The van der Waals surface area contributed by atoms with Gasteiger partial charge in [-0.15, -0.1) is 23.5 Å². The van der Waals surface area contributed by atoms with Crippen molar-refractivity contribution in [3.05, 3.63) is 69.7 Å². The molecule has 1 fully saturated rings. The Morgan fingerprint density at radius 1 is 1.15 bits per heavy atom. The third kappa shape index (κ3) is 5.13. The van der Waals surface area contributed by atoms with Gasteiger partial charge in [0, 0.05) is 27.5 Å². The van der Waals surface area contributed by atoms with E-state index in [1.807, 2.05) is 24.3 Å².